The predicted molar refractivity (Wildman–Crippen MR) is 130 cm³/mol. The normalized spacial score (nSPS) is 15.7. The van der Waals surface area contributed by atoms with E-state index in [2.05, 4.69) is 15.8 Å². The lowest BCUT2D eigenvalue weighted by molar-refractivity contribution is -0.384. The third-order valence-corrected chi connectivity index (χ3v) is 5.64. The van der Waals surface area contributed by atoms with Crippen molar-refractivity contribution >= 4 is 40.4 Å². The van der Waals surface area contributed by atoms with E-state index >= 15 is 0 Å². The van der Waals surface area contributed by atoms with E-state index in [9.17, 15) is 14.9 Å². The van der Waals surface area contributed by atoms with Crippen LogP contribution in [-0.2, 0) is 4.79 Å². The highest BCUT2D eigenvalue weighted by Crippen LogP contribution is 2.35. The topological polar surface area (TPSA) is 123 Å². The first-order valence-corrected chi connectivity index (χ1v) is 10.6. The van der Waals surface area contributed by atoms with Gasteiger partial charge in [0.05, 0.1) is 23.6 Å². The lowest BCUT2D eigenvalue weighted by atomic mass is 9.93. The molecule has 34 heavy (non-hydrogen) atoms. The third-order valence-electron chi connectivity index (χ3n) is 5.34. The van der Waals surface area contributed by atoms with Crippen molar-refractivity contribution in [2.75, 3.05) is 17.3 Å². The first-order chi connectivity index (χ1) is 16.3. The molecule has 0 aliphatic carbocycles. The van der Waals surface area contributed by atoms with Crippen LogP contribution in [0.25, 0.3) is 0 Å². The highest BCUT2D eigenvalue weighted by atomic mass is 32.1. The zero-order valence-corrected chi connectivity index (χ0v) is 19.4. The van der Waals surface area contributed by atoms with Crippen LogP contribution in [0, 0.1) is 17.0 Å². The summed E-state index contributed by atoms with van der Waals surface area (Å²) in [5.74, 6) is 1.02. The van der Waals surface area contributed by atoms with Crippen LogP contribution < -0.4 is 20.3 Å². The van der Waals surface area contributed by atoms with Gasteiger partial charge in [-0.05, 0) is 55.9 Å². The number of nitrogens with one attached hydrogen (secondary N) is 2. The maximum absolute atomic E-state index is 13.5. The van der Waals surface area contributed by atoms with Crippen LogP contribution in [0.15, 0.2) is 70.4 Å². The van der Waals surface area contributed by atoms with Crippen LogP contribution in [-0.4, -0.2) is 28.2 Å². The second kappa shape index (κ2) is 9.32. The third kappa shape index (κ3) is 4.46. The minimum absolute atomic E-state index is 0.0904. The molecule has 174 valence electrons. The molecule has 1 aromatic heterocycles. The van der Waals surface area contributed by atoms with Crippen molar-refractivity contribution in [1.29, 1.82) is 0 Å². The Bertz CT molecular complexity index is 1300. The SMILES string of the molecule is COc1ccc(N2C(=S)N[C@@H](c3cccc([N+](=O)[O-])c3)C(C(=O)Nc3cc(C)on3)=C2C)cc1. The first-order valence-electron chi connectivity index (χ1n) is 10.2. The number of non-ortho nitro benzene ring substituents is 1. The fourth-order valence-electron chi connectivity index (χ4n) is 3.76. The molecule has 1 atom stereocenters. The second-order valence-corrected chi connectivity index (χ2v) is 7.93. The molecule has 0 saturated carbocycles. The number of carbonyl (C=O) groups excluding carboxylic acids is 1. The fourth-order valence-corrected chi connectivity index (χ4v) is 4.12. The largest absolute Gasteiger partial charge is 0.497 e. The van der Waals surface area contributed by atoms with Gasteiger partial charge in [0.1, 0.15) is 11.5 Å². The lowest BCUT2D eigenvalue weighted by Gasteiger charge is -2.37. The summed E-state index contributed by atoms with van der Waals surface area (Å²) in [5.41, 5.74) is 2.03. The van der Waals surface area contributed by atoms with Crippen molar-refractivity contribution in [2.45, 2.75) is 19.9 Å². The molecule has 0 radical (unpaired) electrons. The number of aryl methyl sites for hydroxylation is 1. The van der Waals surface area contributed by atoms with Gasteiger partial charge >= 0.3 is 0 Å². The monoisotopic (exact) mass is 479 g/mol. The summed E-state index contributed by atoms with van der Waals surface area (Å²) in [4.78, 5) is 26.0. The number of thiocarbonyl (C=S) groups is 1. The van der Waals surface area contributed by atoms with Gasteiger partial charge in [0.25, 0.3) is 11.6 Å². The number of aromatic nitrogens is 1. The summed E-state index contributed by atoms with van der Waals surface area (Å²) in [6, 6.07) is 14.2. The van der Waals surface area contributed by atoms with E-state index in [0.29, 0.717) is 33.5 Å². The van der Waals surface area contributed by atoms with Crippen LogP contribution in [0.3, 0.4) is 0 Å². The molecule has 0 saturated heterocycles. The van der Waals surface area contributed by atoms with Gasteiger partial charge < -0.3 is 19.9 Å². The number of anilines is 2. The van der Waals surface area contributed by atoms with Crippen LogP contribution in [0.1, 0.15) is 24.3 Å². The van der Waals surface area contributed by atoms with Crippen molar-refractivity contribution in [3.8, 4) is 5.75 Å². The van der Waals surface area contributed by atoms with Crippen molar-refractivity contribution in [3.63, 3.8) is 0 Å². The van der Waals surface area contributed by atoms with Gasteiger partial charge in [-0.1, -0.05) is 17.3 Å². The number of hydrogen-bond acceptors (Lipinski definition) is 7. The summed E-state index contributed by atoms with van der Waals surface area (Å²) in [7, 11) is 1.57. The molecule has 1 aliphatic heterocycles. The smallest absolute Gasteiger partial charge is 0.269 e. The summed E-state index contributed by atoms with van der Waals surface area (Å²) in [6.45, 7) is 3.48. The minimum atomic E-state index is -0.727. The Balaban J connectivity index is 1.81. The minimum Gasteiger partial charge on any atom is -0.497 e. The number of nitro groups is 1. The molecule has 10 nitrogen and oxygen atoms in total. The van der Waals surface area contributed by atoms with E-state index in [1.807, 2.05) is 12.1 Å². The molecule has 0 fully saturated rings. The van der Waals surface area contributed by atoms with Gasteiger partial charge in [-0.25, -0.2) is 0 Å². The molecule has 2 aromatic carbocycles. The van der Waals surface area contributed by atoms with Gasteiger partial charge in [0.15, 0.2) is 10.9 Å². The number of allylic oxidation sites excluding steroid dienone is 1. The van der Waals surface area contributed by atoms with Crippen LogP contribution >= 0.6 is 12.2 Å². The van der Waals surface area contributed by atoms with E-state index < -0.39 is 16.9 Å². The number of amides is 1. The van der Waals surface area contributed by atoms with E-state index in [4.69, 9.17) is 21.5 Å². The quantitative estimate of drug-likeness (QED) is 0.303. The van der Waals surface area contributed by atoms with Gasteiger partial charge in [0, 0.05) is 29.6 Å². The van der Waals surface area contributed by atoms with Crippen molar-refractivity contribution < 1.29 is 19.0 Å². The number of nitro benzene ring substituents is 1. The molecule has 1 amide bonds. The molecule has 4 rings (SSSR count). The number of nitrogens with zero attached hydrogens (tertiary/aromatic N) is 3. The van der Waals surface area contributed by atoms with Crippen molar-refractivity contribution in [2.24, 2.45) is 0 Å². The molecule has 3 aromatic rings. The first kappa shape index (κ1) is 22.9. The van der Waals surface area contributed by atoms with Gasteiger partial charge in [-0.15, -0.1) is 0 Å². The Morgan fingerprint density at radius 3 is 2.59 bits per heavy atom. The molecule has 0 bridgehead atoms. The van der Waals surface area contributed by atoms with E-state index in [1.54, 1.807) is 56.2 Å². The van der Waals surface area contributed by atoms with E-state index in [0.717, 1.165) is 5.69 Å². The predicted octanol–water partition coefficient (Wildman–Crippen LogP) is 4.25. The average molecular weight is 480 g/mol. The highest BCUT2D eigenvalue weighted by Gasteiger charge is 2.35. The molecule has 0 unspecified atom stereocenters. The molecule has 2 N–H and O–H groups in total. The summed E-state index contributed by atoms with van der Waals surface area (Å²) in [5, 5.41) is 21.4. The molecule has 0 spiro atoms. The zero-order chi connectivity index (χ0) is 24.4. The number of carbonyl (C=O) groups is 1. The average Bonchev–Trinajstić information content (AvgIpc) is 3.23. The van der Waals surface area contributed by atoms with Gasteiger partial charge in [0.2, 0.25) is 0 Å². The number of ether oxygens (including phenoxy) is 1. The zero-order valence-electron chi connectivity index (χ0n) is 18.6. The molecule has 11 heteroatoms. The Morgan fingerprint density at radius 2 is 1.97 bits per heavy atom. The summed E-state index contributed by atoms with van der Waals surface area (Å²) in [6.07, 6.45) is 0. The van der Waals surface area contributed by atoms with E-state index in [-0.39, 0.29) is 11.5 Å². The van der Waals surface area contributed by atoms with Crippen molar-refractivity contribution in [1.82, 2.24) is 10.5 Å². The Hall–Kier alpha value is -4.25. The maximum atomic E-state index is 13.5. The van der Waals surface area contributed by atoms with Crippen LogP contribution in [0.5, 0.6) is 5.75 Å². The number of rotatable bonds is 6. The lowest BCUT2D eigenvalue weighted by Crippen LogP contribution is -2.48. The number of hydrogen-bond donors (Lipinski definition) is 2. The van der Waals surface area contributed by atoms with Gasteiger partial charge in [-0.2, -0.15) is 0 Å². The molecule has 1 aliphatic rings. The summed E-state index contributed by atoms with van der Waals surface area (Å²) < 4.78 is 10.3. The number of benzene rings is 2. The van der Waals surface area contributed by atoms with Crippen LogP contribution in [0.2, 0.25) is 0 Å². The second-order valence-electron chi connectivity index (χ2n) is 7.54. The van der Waals surface area contributed by atoms with Crippen LogP contribution in [0.4, 0.5) is 17.2 Å². The molecule has 2 heterocycles. The van der Waals surface area contributed by atoms with Gasteiger partial charge in [-0.3, -0.25) is 19.8 Å². The Labute approximate surface area is 200 Å². The molecular weight excluding hydrogens is 458 g/mol. The molecular formula is C23H21N5O5S. The number of methoxy groups -OCH3 is 1. The maximum Gasteiger partial charge on any atom is 0.269 e. The Kier molecular flexibility index (Phi) is 6.28. The van der Waals surface area contributed by atoms with Crippen molar-refractivity contribution in [3.05, 3.63) is 87.3 Å². The fraction of sp³-hybridized carbons (Fsp3) is 0.174. The highest BCUT2D eigenvalue weighted by molar-refractivity contribution is 7.80. The standard InChI is InChI=1S/C23H21N5O5S/c1-13-11-19(26-33-13)24-22(29)20-14(2)27(16-7-9-18(32-3)10-8-16)23(34)25-21(20)15-5-4-6-17(12-15)28(30)31/h4-12,21H,1-3H3,(H,25,34)(H,24,26,29)/t21-/m0/s1. The Morgan fingerprint density at radius 1 is 1.24 bits per heavy atom. The summed E-state index contributed by atoms with van der Waals surface area (Å²) >= 11 is 5.64. The van der Waals surface area contributed by atoms with E-state index in [1.165, 1.54) is 12.1 Å².